The number of rotatable bonds is 4. The van der Waals surface area contributed by atoms with Crippen molar-refractivity contribution in [1.82, 2.24) is 0 Å². The van der Waals surface area contributed by atoms with E-state index in [1.807, 2.05) is 0 Å². The first-order valence-corrected chi connectivity index (χ1v) is 6.45. The largest absolute Gasteiger partial charge is 0.394 e. The summed E-state index contributed by atoms with van der Waals surface area (Å²) in [6, 6.07) is 0. The van der Waals surface area contributed by atoms with E-state index in [2.05, 4.69) is 0 Å². The molecular weight excluding hydrogens is 224 g/mol. The Balaban J connectivity index is 2.58. The molecule has 7 heteroatoms. The Bertz CT molecular complexity index is 288. The van der Waals surface area contributed by atoms with Crippen molar-refractivity contribution in [2.75, 3.05) is 20.0 Å². The summed E-state index contributed by atoms with van der Waals surface area (Å²) in [6.07, 6.45) is 0.324. The average Bonchev–Trinajstić information content (AvgIpc) is 2.16. The minimum atomic E-state index is -3.52. The summed E-state index contributed by atoms with van der Waals surface area (Å²) < 4.78 is 36.9. The summed E-state index contributed by atoms with van der Waals surface area (Å²) in [6.45, 7) is -0.292. The molecule has 0 radical (unpaired) electrons. The van der Waals surface area contributed by atoms with Crippen molar-refractivity contribution in [3.8, 4) is 0 Å². The van der Waals surface area contributed by atoms with Crippen molar-refractivity contribution in [2.24, 2.45) is 0 Å². The predicted molar refractivity (Wildman–Crippen MR) is 51.7 cm³/mol. The van der Waals surface area contributed by atoms with Gasteiger partial charge in [0.1, 0.15) is 12.2 Å². The molecule has 1 aliphatic rings. The Morgan fingerprint density at radius 1 is 1.47 bits per heavy atom. The number of aliphatic hydroxyl groups excluding tert-OH is 1. The van der Waals surface area contributed by atoms with Crippen molar-refractivity contribution < 1.29 is 27.2 Å². The zero-order chi connectivity index (χ0) is 11.5. The molecule has 1 aliphatic heterocycles. The van der Waals surface area contributed by atoms with Gasteiger partial charge in [-0.2, -0.15) is 8.42 Å². The SMILES string of the molecule is COC1CCC(OS(C)(=O)=O)C(CO)O1. The monoisotopic (exact) mass is 240 g/mol. The molecular formula is C8H16O6S. The zero-order valence-electron chi connectivity index (χ0n) is 8.75. The Hall–Kier alpha value is -0.210. The second-order valence-corrected chi connectivity index (χ2v) is 5.04. The summed E-state index contributed by atoms with van der Waals surface area (Å²) in [7, 11) is -2.03. The van der Waals surface area contributed by atoms with Gasteiger partial charge in [-0.3, -0.25) is 4.18 Å². The van der Waals surface area contributed by atoms with Gasteiger partial charge in [-0.05, 0) is 6.42 Å². The van der Waals surface area contributed by atoms with Crippen LogP contribution in [0.4, 0.5) is 0 Å². The lowest BCUT2D eigenvalue weighted by molar-refractivity contribution is -0.214. The van der Waals surface area contributed by atoms with Gasteiger partial charge < -0.3 is 14.6 Å². The molecule has 3 atom stereocenters. The molecule has 0 saturated carbocycles. The summed E-state index contributed by atoms with van der Waals surface area (Å²) >= 11 is 0. The van der Waals surface area contributed by atoms with Crippen LogP contribution in [0.3, 0.4) is 0 Å². The molecule has 90 valence electrons. The molecule has 0 aromatic heterocycles. The third-order valence-corrected chi connectivity index (χ3v) is 2.77. The lowest BCUT2D eigenvalue weighted by Crippen LogP contribution is -2.44. The highest BCUT2D eigenvalue weighted by Gasteiger charge is 2.33. The van der Waals surface area contributed by atoms with E-state index in [0.717, 1.165) is 6.26 Å². The van der Waals surface area contributed by atoms with Crippen LogP contribution in [0.5, 0.6) is 0 Å². The molecule has 0 aromatic carbocycles. The molecule has 1 saturated heterocycles. The van der Waals surface area contributed by atoms with Gasteiger partial charge in [0.05, 0.1) is 12.9 Å². The highest BCUT2D eigenvalue weighted by molar-refractivity contribution is 7.86. The third kappa shape index (κ3) is 4.04. The van der Waals surface area contributed by atoms with Crippen LogP contribution in [-0.2, 0) is 23.8 Å². The van der Waals surface area contributed by atoms with E-state index in [9.17, 15) is 8.42 Å². The molecule has 0 amide bonds. The van der Waals surface area contributed by atoms with Gasteiger partial charge in [0.25, 0.3) is 10.1 Å². The number of methoxy groups -OCH3 is 1. The van der Waals surface area contributed by atoms with E-state index in [0.29, 0.717) is 12.8 Å². The Morgan fingerprint density at radius 2 is 2.13 bits per heavy atom. The van der Waals surface area contributed by atoms with E-state index < -0.39 is 28.6 Å². The van der Waals surface area contributed by atoms with Crippen LogP contribution < -0.4 is 0 Å². The highest BCUT2D eigenvalue weighted by Crippen LogP contribution is 2.23. The second-order valence-electron chi connectivity index (χ2n) is 3.44. The summed E-state index contributed by atoms with van der Waals surface area (Å²) in [4.78, 5) is 0. The molecule has 0 bridgehead atoms. The molecule has 0 aliphatic carbocycles. The van der Waals surface area contributed by atoms with E-state index in [1.54, 1.807) is 0 Å². The third-order valence-electron chi connectivity index (χ3n) is 2.17. The lowest BCUT2D eigenvalue weighted by atomic mass is 10.1. The number of ether oxygens (including phenoxy) is 2. The van der Waals surface area contributed by atoms with E-state index in [-0.39, 0.29) is 6.61 Å². The molecule has 0 aromatic rings. The minimum Gasteiger partial charge on any atom is -0.394 e. The normalized spacial score (nSPS) is 32.9. The summed E-state index contributed by atoms with van der Waals surface area (Å²) in [5, 5.41) is 9.02. The van der Waals surface area contributed by atoms with Crippen molar-refractivity contribution >= 4 is 10.1 Å². The fraction of sp³-hybridized carbons (Fsp3) is 1.00. The number of hydrogen-bond donors (Lipinski definition) is 1. The molecule has 0 spiro atoms. The first kappa shape index (κ1) is 12.9. The lowest BCUT2D eigenvalue weighted by Gasteiger charge is -2.33. The zero-order valence-corrected chi connectivity index (χ0v) is 9.57. The van der Waals surface area contributed by atoms with Gasteiger partial charge in [0.15, 0.2) is 6.29 Å². The fourth-order valence-electron chi connectivity index (χ4n) is 1.51. The van der Waals surface area contributed by atoms with Gasteiger partial charge in [0, 0.05) is 13.5 Å². The van der Waals surface area contributed by atoms with Crippen LogP contribution in [0.15, 0.2) is 0 Å². The number of hydrogen-bond acceptors (Lipinski definition) is 6. The molecule has 1 heterocycles. The molecule has 1 rings (SSSR count). The van der Waals surface area contributed by atoms with Gasteiger partial charge in [-0.1, -0.05) is 0 Å². The van der Waals surface area contributed by atoms with Crippen molar-refractivity contribution in [3.05, 3.63) is 0 Å². The van der Waals surface area contributed by atoms with Gasteiger partial charge in [0.2, 0.25) is 0 Å². The van der Waals surface area contributed by atoms with E-state index in [1.165, 1.54) is 7.11 Å². The van der Waals surface area contributed by atoms with Crippen LogP contribution >= 0.6 is 0 Å². The van der Waals surface area contributed by atoms with E-state index in [4.69, 9.17) is 18.8 Å². The Labute approximate surface area is 89.3 Å². The summed E-state index contributed by atoms with van der Waals surface area (Å²) in [5.74, 6) is 0. The van der Waals surface area contributed by atoms with Crippen LogP contribution in [0, 0.1) is 0 Å². The van der Waals surface area contributed by atoms with Gasteiger partial charge >= 0.3 is 0 Å². The van der Waals surface area contributed by atoms with Crippen LogP contribution in [0.2, 0.25) is 0 Å². The molecule has 3 unspecified atom stereocenters. The second kappa shape index (κ2) is 5.22. The maximum atomic E-state index is 10.9. The van der Waals surface area contributed by atoms with Crippen LogP contribution in [-0.4, -0.2) is 52.0 Å². The Morgan fingerprint density at radius 3 is 2.60 bits per heavy atom. The molecule has 15 heavy (non-hydrogen) atoms. The fourth-order valence-corrected chi connectivity index (χ4v) is 2.17. The van der Waals surface area contributed by atoms with Gasteiger partial charge in [-0.25, -0.2) is 0 Å². The van der Waals surface area contributed by atoms with E-state index >= 15 is 0 Å². The predicted octanol–water partition coefficient (Wildman–Crippen LogP) is -0.525. The van der Waals surface area contributed by atoms with Crippen molar-refractivity contribution in [1.29, 1.82) is 0 Å². The highest BCUT2D eigenvalue weighted by atomic mass is 32.2. The van der Waals surface area contributed by atoms with Crippen LogP contribution in [0.25, 0.3) is 0 Å². The smallest absolute Gasteiger partial charge is 0.264 e. The van der Waals surface area contributed by atoms with Gasteiger partial charge in [-0.15, -0.1) is 0 Å². The standard InChI is InChI=1S/C8H16O6S/c1-12-8-4-3-6(7(5-9)13-8)14-15(2,10)11/h6-9H,3-5H2,1-2H3. The maximum absolute atomic E-state index is 10.9. The number of aliphatic hydroxyl groups is 1. The average molecular weight is 240 g/mol. The van der Waals surface area contributed by atoms with Crippen molar-refractivity contribution in [3.63, 3.8) is 0 Å². The van der Waals surface area contributed by atoms with Crippen LogP contribution in [0.1, 0.15) is 12.8 Å². The molecule has 1 fully saturated rings. The molecule has 1 N–H and O–H groups in total. The topological polar surface area (TPSA) is 82.1 Å². The Kier molecular flexibility index (Phi) is 4.47. The first-order valence-electron chi connectivity index (χ1n) is 4.63. The molecule has 6 nitrogen and oxygen atoms in total. The van der Waals surface area contributed by atoms with Crippen molar-refractivity contribution in [2.45, 2.75) is 31.3 Å². The first-order chi connectivity index (χ1) is 6.96. The summed E-state index contributed by atoms with van der Waals surface area (Å²) in [5.41, 5.74) is 0. The maximum Gasteiger partial charge on any atom is 0.264 e. The quantitative estimate of drug-likeness (QED) is 0.665. The minimum absolute atomic E-state index is 0.292.